The van der Waals surface area contributed by atoms with Crippen LogP contribution < -0.4 is 9.47 Å². The summed E-state index contributed by atoms with van der Waals surface area (Å²) in [6, 6.07) is 10.2. The lowest BCUT2D eigenvalue weighted by Gasteiger charge is -2.19. The Labute approximate surface area is 156 Å². The van der Waals surface area contributed by atoms with Gasteiger partial charge in [-0.05, 0) is 48.6 Å². The van der Waals surface area contributed by atoms with E-state index in [-0.39, 0.29) is 12.2 Å². The van der Waals surface area contributed by atoms with E-state index < -0.39 is 29.9 Å². The molecule has 0 unspecified atom stereocenters. The Morgan fingerprint density at radius 1 is 1.15 bits per heavy atom. The van der Waals surface area contributed by atoms with E-state index in [1.807, 2.05) is 0 Å². The molecule has 0 aliphatic carbocycles. The van der Waals surface area contributed by atoms with Gasteiger partial charge in [0.25, 0.3) is 0 Å². The summed E-state index contributed by atoms with van der Waals surface area (Å²) in [6.07, 6.45) is 1.24. The molecule has 6 heteroatoms. The minimum atomic E-state index is -0.788. The average Bonchev–Trinajstić information content (AvgIpc) is 3.01. The van der Waals surface area contributed by atoms with Gasteiger partial charge in [0.05, 0.1) is 19.3 Å². The van der Waals surface area contributed by atoms with Crippen LogP contribution in [0, 0.1) is 23.5 Å². The van der Waals surface area contributed by atoms with Crippen LogP contribution in [0.5, 0.6) is 11.5 Å². The highest BCUT2D eigenvalue weighted by Crippen LogP contribution is 2.24. The Kier molecular flexibility index (Phi) is 6.07. The SMILES string of the molecule is COc1ccc(O[C@@H]2[C@H](O)CO[C@H]2/C=C/C#Cc2ccc(F)cc2F)cc1. The van der Waals surface area contributed by atoms with Crippen molar-refractivity contribution in [3.63, 3.8) is 0 Å². The lowest BCUT2D eigenvalue weighted by atomic mass is 10.1. The second-order valence-electron chi connectivity index (χ2n) is 5.88. The summed E-state index contributed by atoms with van der Waals surface area (Å²) in [6.45, 7) is 0.135. The maximum Gasteiger partial charge on any atom is 0.156 e. The maximum atomic E-state index is 13.5. The molecule has 0 saturated carbocycles. The van der Waals surface area contributed by atoms with Crippen LogP contribution in [0.25, 0.3) is 0 Å². The van der Waals surface area contributed by atoms with Gasteiger partial charge >= 0.3 is 0 Å². The molecule has 2 aromatic carbocycles. The van der Waals surface area contributed by atoms with Gasteiger partial charge in [0, 0.05) is 6.07 Å². The molecule has 1 aliphatic rings. The van der Waals surface area contributed by atoms with Crippen LogP contribution in [0.2, 0.25) is 0 Å². The molecule has 3 rings (SSSR count). The van der Waals surface area contributed by atoms with Gasteiger partial charge in [-0.1, -0.05) is 11.8 Å². The molecular formula is C21H18F2O4. The minimum Gasteiger partial charge on any atom is -0.497 e. The van der Waals surface area contributed by atoms with Gasteiger partial charge < -0.3 is 19.3 Å². The van der Waals surface area contributed by atoms with Gasteiger partial charge in [0.15, 0.2) is 6.10 Å². The van der Waals surface area contributed by atoms with Crippen molar-refractivity contribution in [3.05, 3.63) is 71.8 Å². The molecule has 0 amide bonds. The highest BCUT2D eigenvalue weighted by molar-refractivity contribution is 5.38. The molecule has 0 radical (unpaired) electrons. The zero-order chi connectivity index (χ0) is 19.2. The quantitative estimate of drug-likeness (QED) is 0.838. The van der Waals surface area contributed by atoms with Crippen LogP contribution in [-0.2, 0) is 4.74 Å². The number of aliphatic hydroxyl groups is 1. The van der Waals surface area contributed by atoms with E-state index in [4.69, 9.17) is 14.2 Å². The first-order valence-corrected chi connectivity index (χ1v) is 8.30. The second-order valence-corrected chi connectivity index (χ2v) is 5.88. The molecule has 1 fully saturated rings. The molecule has 1 heterocycles. The van der Waals surface area contributed by atoms with Crippen LogP contribution in [0.3, 0.4) is 0 Å². The van der Waals surface area contributed by atoms with E-state index in [1.54, 1.807) is 37.5 Å². The predicted octanol–water partition coefficient (Wildman–Crippen LogP) is 3.09. The standard InChI is InChI=1S/C21H18F2O4/c1-25-16-8-10-17(11-9-16)27-21-19(24)13-26-20(21)5-3-2-4-14-6-7-15(22)12-18(14)23/h3,5-12,19-21,24H,13H2,1H3/b5-3+/t19-,20+,21-/m1/s1. The van der Waals surface area contributed by atoms with Crippen molar-refractivity contribution in [1.82, 2.24) is 0 Å². The summed E-state index contributed by atoms with van der Waals surface area (Å²) < 4.78 is 42.8. The van der Waals surface area contributed by atoms with Crippen LogP contribution in [0.1, 0.15) is 5.56 Å². The normalized spacial score (nSPS) is 21.7. The molecule has 1 N–H and O–H groups in total. The topological polar surface area (TPSA) is 47.9 Å². The fourth-order valence-corrected chi connectivity index (χ4v) is 2.59. The Bertz CT molecular complexity index is 868. The fourth-order valence-electron chi connectivity index (χ4n) is 2.59. The molecule has 0 aromatic heterocycles. The zero-order valence-electron chi connectivity index (χ0n) is 14.6. The number of ether oxygens (including phenoxy) is 3. The van der Waals surface area contributed by atoms with Gasteiger partial charge in [-0.25, -0.2) is 8.78 Å². The monoisotopic (exact) mass is 372 g/mol. The van der Waals surface area contributed by atoms with Crippen LogP contribution in [0.15, 0.2) is 54.6 Å². The van der Waals surface area contributed by atoms with Gasteiger partial charge in [0.2, 0.25) is 0 Å². The van der Waals surface area contributed by atoms with E-state index in [0.29, 0.717) is 11.5 Å². The van der Waals surface area contributed by atoms with E-state index in [2.05, 4.69) is 11.8 Å². The molecule has 0 spiro atoms. The van der Waals surface area contributed by atoms with Crippen molar-refractivity contribution in [2.75, 3.05) is 13.7 Å². The van der Waals surface area contributed by atoms with Gasteiger partial charge in [0.1, 0.15) is 35.3 Å². The zero-order valence-corrected chi connectivity index (χ0v) is 14.6. The summed E-state index contributed by atoms with van der Waals surface area (Å²) >= 11 is 0. The molecule has 4 nitrogen and oxygen atoms in total. The summed E-state index contributed by atoms with van der Waals surface area (Å²) in [5.41, 5.74) is 0.0967. The van der Waals surface area contributed by atoms with E-state index >= 15 is 0 Å². The third-order valence-corrected chi connectivity index (χ3v) is 4.00. The first-order chi connectivity index (χ1) is 13.1. The Balaban J connectivity index is 1.66. The Morgan fingerprint density at radius 3 is 2.59 bits per heavy atom. The number of aliphatic hydroxyl groups excluding tert-OH is 1. The number of methoxy groups -OCH3 is 1. The highest BCUT2D eigenvalue weighted by Gasteiger charge is 2.36. The number of benzene rings is 2. The Morgan fingerprint density at radius 2 is 1.89 bits per heavy atom. The second kappa shape index (κ2) is 8.67. The van der Waals surface area contributed by atoms with Crippen molar-refractivity contribution in [2.24, 2.45) is 0 Å². The number of rotatable bonds is 4. The Hall–Kier alpha value is -2.88. The van der Waals surface area contributed by atoms with Crippen molar-refractivity contribution in [3.8, 4) is 23.3 Å². The smallest absolute Gasteiger partial charge is 0.156 e. The number of allylic oxidation sites excluding steroid dienone is 1. The molecule has 1 saturated heterocycles. The lowest BCUT2D eigenvalue weighted by Crippen LogP contribution is -2.34. The van der Waals surface area contributed by atoms with Crippen LogP contribution in [0.4, 0.5) is 8.78 Å². The third-order valence-electron chi connectivity index (χ3n) is 4.00. The molecule has 27 heavy (non-hydrogen) atoms. The molecule has 3 atom stereocenters. The average molecular weight is 372 g/mol. The van der Waals surface area contributed by atoms with Crippen LogP contribution >= 0.6 is 0 Å². The van der Waals surface area contributed by atoms with Crippen molar-refractivity contribution in [2.45, 2.75) is 18.3 Å². The van der Waals surface area contributed by atoms with E-state index in [1.165, 1.54) is 12.1 Å². The predicted molar refractivity (Wildman–Crippen MR) is 95.5 cm³/mol. The fraction of sp³-hybridized carbons (Fsp3) is 0.238. The van der Waals surface area contributed by atoms with Crippen LogP contribution in [-0.4, -0.2) is 37.1 Å². The number of halogens is 2. The third kappa shape index (κ3) is 4.85. The van der Waals surface area contributed by atoms with E-state index in [9.17, 15) is 13.9 Å². The first-order valence-electron chi connectivity index (χ1n) is 8.30. The maximum absolute atomic E-state index is 13.5. The summed E-state index contributed by atoms with van der Waals surface area (Å²) in [5.74, 6) is 5.18. The molecule has 0 bridgehead atoms. The molecule has 1 aliphatic heterocycles. The highest BCUT2D eigenvalue weighted by atomic mass is 19.1. The molecular weight excluding hydrogens is 354 g/mol. The van der Waals surface area contributed by atoms with Gasteiger partial charge in [-0.3, -0.25) is 0 Å². The molecule has 140 valence electrons. The van der Waals surface area contributed by atoms with Gasteiger partial charge in [-0.15, -0.1) is 0 Å². The van der Waals surface area contributed by atoms with Crippen molar-refractivity contribution >= 4 is 0 Å². The summed E-state index contributed by atoms with van der Waals surface area (Å²) in [5, 5.41) is 10.1. The minimum absolute atomic E-state index is 0.0967. The van der Waals surface area contributed by atoms with Crippen molar-refractivity contribution in [1.29, 1.82) is 0 Å². The summed E-state index contributed by atoms with van der Waals surface area (Å²) in [7, 11) is 1.57. The summed E-state index contributed by atoms with van der Waals surface area (Å²) in [4.78, 5) is 0. The number of hydrogen-bond acceptors (Lipinski definition) is 4. The number of hydrogen-bond donors (Lipinski definition) is 1. The molecule has 2 aromatic rings. The van der Waals surface area contributed by atoms with Crippen molar-refractivity contribution < 1.29 is 28.1 Å². The first kappa shape index (κ1) is 18.9. The largest absolute Gasteiger partial charge is 0.497 e. The van der Waals surface area contributed by atoms with Gasteiger partial charge in [-0.2, -0.15) is 0 Å². The van der Waals surface area contributed by atoms with E-state index in [0.717, 1.165) is 12.1 Å². The lowest BCUT2D eigenvalue weighted by molar-refractivity contribution is 0.0610.